The maximum atomic E-state index is 13.1. The molecule has 2 aliphatic heterocycles. The standard InChI is InChI=1S/C25H31F3N6O2/c1-33-21(8-9-23(33)36)15-2-5-18(6-3-15)34-12-17(13-34)32-22(35)11-29-24-19-10-16(25(26,27)28)4-7-20(19)30-14-31-24/h4,7,10,14-15,17-18,21H,2-3,5-6,8-9,11-13H2,1H3,(H,32,35)(H,29,30,31)/t15-,18+,21?. The number of amides is 2. The van der Waals surface area contributed by atoms with Crippen molar-refractivity contribution in [2.24, 2.45) is 5.92 Å². The molecule has 0 radical (unpaired) electrons. The number of likely N-dealkylation sites (tertiary alicyclic amines) is 2. The minimum atomic E-state index is -4.47. The second kappa shape index (κ2) is 9.84. The van der Waals surface area contributed by atoms with Crippen LogP contribution < -0.4 is 10.6 Å². The number of halogens is 3. The summed E-state index contributed by atoms with van der Waals surface area (Å²) in [7, 11) is 1.93. The van der Waals surface area contributed by atoms with Crippen LogP contribution in [0.1, 0.15) is 44.1 Å². The maximum Gasteiger partial charge on any atom is 0.416 e. The van der Waals surface area contributed by atoms with Crippen LogP contribution in [0.15, 0.2) is 24.5 Å². The van der Waals surface area contributed by atoms with E-state index >= 15 is 0 Å². The van der Waals surface area contributed by atoms with Crippen LogP contribution in [0.2, 0.25) is 0 Å². The number of alkyl halides is 3. The molecule has 1 saturated carbocycles. The summed E-state index contributed by atoms with van der Waals surface area (Å²) in [5, 5.41) is 6.07. The molecule has 1 aromatic carbocycles. The predicted octanol–water partition coefficient (Wildman–Crippen LogP) is 3.04. The number of nitrogens with one attached hydrogen (secondary N) is 2. The number of fused-ring (bicyclic) bond motifs is 1. The van der Waals surface area contributed by atoms with Gasteiger partial charge in [0.15, 0.2) is 0 Å². The third-order valence-electron chi connectivity index (χ3n) is 8.00. The molecule has 1 atom stereocenters. The zero-order chi connectivity index (χ0) is 25.4. The number of carbonyl (C=O) groups excluding carboxylic acids is 2. The normalized spacial score (nSPS) is 25.7. The van der Waals surface area contributed by atoms with E-state index in [1.807, 2.05) is 11.9 Å². The van der Waals surface area contributed by atoms with Gasteiger partial charge in [-0.2, -0.15) is 13.2 Å². The van der Waals surface area contributed by atoms with E-state index < -0.39 is 11.7 Å². The Morgan fingerprint density at radius 3 is 2.53 bits per heavy atom. The maximum absolute atomic E-state index is 13.1. The van der Waals surface area contributed by atoms with Gasteiger partial charge in [0, 0.05) is 44.0 Å². The average molecular weight is 505 g/mol. The van der Waals surface area contributed by atoms with Crippen molar-refractivity contribution in [1.29, 1.82) is 0 Å². The molecule has 0 spiro atoms. The second-order valence-corrected chi connectivity index (χ2v) is 10.2. The Morgan fingerprint density at radius 2 is 1.86 bits per heavy atom. The minimum Gasteiger partial charge on any atom is -0.360 e. The Bertz CT molecular complexity index is 1130. The van der Waals surface area contributed by atoms with Crippen molar-refractivity contribution in [3.05, 3.63) is 30.1 Å². The third kappa shape index (κ3) is 5.11. The molecule has 1 unspecified atom stereocenters. The first kappa shape index (κ1) is 24.7. The summed E-state index contributed by atoms with van der Waals surface area (Å²) in [6, 6.07) is 4.25. The molecule has 2 aromatic rings. The lowest BCUT2D eigenvalue weighted by atomic mass is 9.79. The highest BCUT2D eigenvalue weighted by Gasteiger charge is 2.39. The molecule has 0 bridgehead atoms. The molecule has 1 aliphatic carbocycles. The van der Waals surface area contributed by atoms with Crippen molar-refractivity contribution in [2.45, 2.75) is 62.8 Å². The van der Waals surface area contributed by atoms with E-state index in [9.17, 15) is 22.8 Å². The van der Waals surface area contributed by atoms with E-state index in [2.05, 4.69) is 25.5 Å². The van der Waals surface area contributed by atoms with Crippen LogP contribution in [0.25, 0.3) is 10.9 Å². The number of nitrogens with zero attached hydrogens (tertiary/aromatic N) is 4. The van der Waals surface area contributed by atoms with Gasteiger partial charge in [-0.1, -0.05) is 0 Å². The van der Waals surface area contributed by atoms with Crippen molar-refractivity contribution < 1.29 is 22.8 Å². The van der Waals surface area contributed by atoms with Crippen molar-refractivity contribution in [2.75, 3.05) is 32.0 Å². The Kier molecular flexibility index (Phi) is 6.76. The summed E-state index contributed by atoms with van der Waals surface area (Å²) in [5.74, 6) is 0.821. The van der Waals surface area contributed by atoms with E-state index in [1.165, 1.54) is 12.4 Å². The van der Waals surface area contributed by atoms with E-state index in [1.54, 1.807) is 0 Å². The van der Waals surface area contributed by atoms with Gasteiger partial charge in [0.25, 0.3) is 0 Å². The lowest BCUT2D eigenvalue weighted by molar-refractivity contribution is -0.137. The van der Waals surface area contributed by atoms with Gasteiger partial charge in [0.2, 0.25) is 11.8 Å². The first-order valence-corrected chi connectivity index (χ1v) is 12.5. The lowest BCUT2D eigenvalue weighted by Crippen LogP contribution is -2.63. The van der Waals surface area contributed by atoms with E-state index in [4.69, 9.17) is 0 Å². The number of aromatic nitrogens is 2. The number of hydrogen-bond donors (Lipinski definition) is 2. The average Bonchev–Trinajstić information content (AvgIpc) is 3.17. The van der Waals surface area contributed by atoms with E-state index in [-0.39, 0.29) is 35.6 Å². The van der Waals surface area contributed by atoms with Gasteiger partial charge < -0.3 is 15.5 Å². The van der Waals surface area contributed by atoms with Crippen LogP contribution in [-0.2, 0) is 15.8 Å². The van der Waals surface area contributed by atoms with Crippen LogP contribution in [0.5, 0.6) is 0 Å². The molecule has 1 aromatic heterocycles. The summed E-state index contributed by atoms with van der Waals surface area (Å²) in [6.45, 7) is 1.51. The quantitative estimate of drug-likeness (QED) is 0.629. The molecule has 5 rings (SSSR count). The molecule has 2 amide bonds. The van der Waals surface area contributed by atoms with Crippen LogP contribution >= 0.6 is 0 Å². The number of rotatable bonds is 6. The van der Waals surface area contributed by atoms with Gasteiger partial charge in [-0.05, 0) is 56.2 Å². The number of hydrogen-bond acceptors (Lipinski definition) is 6. The Morgan fingerprint density at radius 1 is 1.11 bits per heavy atom. The number of anilines is 1. The molecule has 2 N–H and O–H groups in total. The fraction of sp³-hybridized carbons (Fsp3) is 0.600. The molecular weight excluding hydrogens is 473 g/mol. The summed E-state index contributed by atoms with van der Waals surface area (Å²) in [6.07, 6.45) is 2.94. The van der Waals surface area contributed by atoms with Crippen LogP contribution in [-0.4, -0.2) is 76.4 Å². The van der Waals surface area contributed by atoms with Gasteiger partial charge in [-0.3, -0.25) is 14.5 Å². The second-order valence-electron chi connectivity index (χ2n) is 10.2. The zero-order valence-electron chi connectivity index (χ0n) is 20.2. The molecular formula is C25H31F3N6O2. The fourth-order valence-electron chi connectivity index (χ4n) is 5.95. The highest BCUT2D eigenvalue weighted by molar-refractivity contribution is 5.91. The molecule has 2 saturated heterocycles. The summed E-state index contributed by atoms with van der Waals surface area (Å²) in [4.78, 5) is 36.7. The fourth-order valence-corrected chi connectivity index (χ4v) is 5.95. The van der Waals surface area contributed by atoms with E-state index in [0.717, 1.165) is 57.3 Å². The van der Waals surface area contributed by atoms with Gasteiger partial charge in [0.05, 0.1) is 23.7 Å². The van der Waals surface area contributed by atoms with Gasteiger partial charge in [-0.25, -0.2) is 9.97 Å². The molecule has 11 heteroatoms. The Labute approximate surface area is 207 Å². The molecule has 36 heavy (non-hydrogen) atoms. The van der Waals surface area contributed by atoms with Crippen molar-refractivity contribution >= 4 is 28.5 Å². The van der Waals surface area contributed by atoms with Crippen molar-refractivity contribution in [1.82, 2.24) is 25.1 Å². The molecule has 3 fully saturated rings. The highest BCUT2D eigenvalue weighted by atomic mass is 19.4. The predicted molar refractivity (Wildman–Crippen MR) is 128 cm³/mol. The summed E-state index contributed by atoms with van der Waals surface area (Å²) < 4.78 is 39.3. The van der Waals surface area contributed by atoms with Gasteiger partial charge >= 0.3 is 6.18 Å². The van der Waals surface area contributed by atoms with Crippen LogP contribution in [0.3, 0.4) is 0 Å². The van der Waals surface area contributed by atoms with Gasteiger partial charge in [0.1, 0.15) is 12.1 Å². The first-order chi connectivity index (χ1) is 17.2. The van der Waals surface area contributed by atoms with Crippen molar-refractivity contribution in [3.8, 4) is 0 Å². The van der Waals surface area contributed by atoms with Gasteiger partial charge in [-0.15, -0.1) is 0 Å². The summed E-state index contributed by atoms with van der Waals surface area (Å²) >= 11 is 0. The largest absolute Gasteiger partial charge is 0.416 e. The molecule has 3 heterocycles. The number of carbonyl (C=O) groups is 2. The molecule has 8 nitrogen and oxygen atoms in total. The van der Waals surface area contributed by atoms with E-state index in [0.29, 0.717) is 29.9 Å². The topological polar surface area (TPSA) is 90.5 Å². The highest BCUT2D eigenvalue weighted by Crippen LogP contribution is 2.37. The molecule has 194 valence electrons. The van der Waals surface area contributed by atoms with Crippen LogP contribution in [0.4, 0.5) is 19.0 Å². The number of benzene rings is 1. The minimum absolute atomic E-state index is 0.0644. The molecule has 3 aliphatic rings. The smallest absolute Gasteiger partial charge is 0.360 e. The lowest BCUT2D eigenvalue weighted by Gasteiger charge is -2.47. The third-order valence-corrected chi connectivity index (χ3v) is 8.00. The SMILES string of the molecule is CN1C(=O)CCC1[C@H]1CC[C@@H](N2CC(NC(=O)CNc3ncnc4ccc(C(F)(F)F)cc34)C2)CC1. The first-order valence-electron chi connectivity index (χ1n) is 12.5. The zero-order valence-corrected chi connectivity index (χ0v) is 20.2. The Balaban J connectivity index is 1.07. The summed E-state index contributed by atoms with van der Waals surface area (Å²) in [5.41, 5.74) is -0.416. The van der Waals surface area contributed by atoms with Crippen LogP contribution in [0, 0.1) is 5.92 Å². The monoisotopic (exact) mass is 504 g/mol. The Hall–Kier alpha value is -2.95. The van der Waals surface area contributed by atoms with Crippen molar-refractivity contribution in [3.63, 3.8) is 0 Å².